The van der Waals surface area contributed by atoms with E-state index in [1.165, 1.54) is 0 Å². The lowest BCUT2D eigenvalue weighted by Gasteiger charge is -2.12. The third kappa shape index (κ3) is 3.63. The fourth-order valence-electron chi connectivity index (χ4n) is 2.98. The molecule has 0 N–H and O–H groups in total. The highest BCUT2D eigenvalue weighted by Crippen LogP contribution is 2.32. The van der Waals surface area contributed by atoms with Crippen LogP contribution in [0.5, 0.6) is 5.75 Å². The van der Waals surface area contributed by atoms with Gasteiger partial charge in [0.15, 0.2) is 0 Å². The second-order valence-electron chi connectivity index (χ2n) is 6.26. The first-order valence-corrected chi connectivity index (χ1v) is 10.5. The minimum absolute atomic E-state index is 0.665. The third-order valence-electron chi connectivity index (χ3n) is 4.45. The maximum atomic E-state index is 11.7. The minimum atomic E-state index is -1.03. The van der Waals surface area contributed by atoms with E-state index >= 15 is 0 Å². The predicted octanol–water partition coefficient (Wildman–Crippen LogP) is 5.36. The number of fused-ring (bicyclic) bond motifs is 1. The molecule has 0 aliphatic carbocycles. The van der Waals surface area contributed by atoms with E-state index in [1.54, 1.807) is 13.4 Å². The molecule has 28 heavy (non-hydrogen) atoms. The Morgan fingerprint density at radius 3 is 1.96 bits per heavy atom. The van der Waals surface area contributed by atoms with Gasteiger partial charge in [0.05, 0.1) is 29.5 Å². The fraction of sp³-hybridized carbons (Fsp3) is 0.0909. The summed E-state index contributed by atoms with van der Waals surface area (Å²) >= 11 is 6.05. The molecule has 4 nitrogen and oxygen atoms in total. The van der Waals surface area contributed by atoms with E-state index in [0.29, 0.717) is 5.02 Å². The maximum absolute atomic E-state index is 11.7. The molecule has 0 saturated heterocycles. The highest BCUT2D eigenvalue weighted by atomic mass is 35.5. The Hall–Kier alpha value is -2.76. The monoisotopic (exact) mass is 408 g/mol. The molecule has 140 valence electrons. The molecule has 1 aromatic heterocycles. The van der Waals surface area contributed by atoms with Gasteiger partial charge in [-0.3, -0.25) is 4.21 Å². The molecule has 0 fully saturated rings. The topological polar surface area (TPSA) is 52.1 Å². The van der Waals surface area contributed by atoms with Crippen LogP contribution in [0.1, 0.15) is 0 Å². The van der Waals surface area contributed by atoms with E-state index < -0.39 is 10.8 Å². The molecule has 3 aromatic carbocycles. The van der Waals surface area contributed by atoms with Crippen molar-refractivity contribution >= 4 is 33.4 Å². The third-order valence-corrected chi connectivity index (χ3v) is 5.64. The SMILES string of the molecule is COc1ccc2nc(-c3ccc(Cl)cc3)c(-c3ccc(S(C)=O)cc3)nc2c1. The van der Waals surface area contributed by atoms with Crippen LogP contribution in [0.2, 0.25) is 5.02 Å². The summed E-state index contributed by atoms with van der Waals surface area (Å²) in [4.78, 5) is 10.5. The summed E-state index contributed by atoms with van der Waals surface area (Å²) in [6.45, 7) is 0. The molecule has 1 heterocycles. The van der Waals surface area contributed by atoms with Crippen molar-refractivity contribution in [2.24, 2.45) is 0 Å². The van der Waals surface area contributed by atoms with E-state index in [0.717, 1.165) is 44.2 Å². The summed E-state index contributed by atoms with van der Waals surface area (Å²) in [5.41, 5.74) is 4.86. The lowest BCUT2D eigenvalue weighted by atomic mass is 10.0. The summed E-state index contributed by atoms with van der Waals surface area (Å²) in [7, 11) is 0.595. The van der Waals surface area contributed by atoms with E-state index in [1.807, 2.05) is 66.7 Å². The number of halogens is 1. The Kier molecular flexibility index (Phi) is 5.11. The first-order valence-electron chi connectivity index (χ1n) is 8.61. The molecule has 0 bridgehead atoms. The molecule has 0 radical (unpaired) electrons. The Bertz CT molecular complexity index is 1180. The molecule has 6 heteroatoms. The predicted molar refractivity (Wildman–Crippen MR) is 114 cm³/mol. The smallest absolute Gasteiger partial charge is 0.121 e. The average molecular weight is 409 g/mol. The first-order chi connectivity index (χ1) is 13.5. The molecule has 0 aliphatic heterocycles. The van der Waals surface area contributed by atoms with Crippen molar-refractivity contribution in [2.75, 3.05) is 13.4 Å². The summed E-state index contributed by atoms with van der Waals surface area (Å²) in [6, 6.07) is 20.7. The Morgan fingerprint density at radius 1 is 0.821 bits per heavy atom. The lowest BCUT2D eigenvalue weighted by molar-refractivity contribution is 0.415. The number of aromatic nitrogens is 2. The molecular weight excluding hydrogens is 392 g/mol. The van der Waals surface area contributed by atoms with Gasteiger partial charge < -0.3 is 4.74 Å². The van der Waals surface area contributed by atoms with Crippen LogP contribution in [0, 0.1) is 0 Å². The lowest BCUT2D eigenvalue weighted by Crippen LogP contribution is -1.96. The van der Waals surface area contributed by atoms with Crippen molar-refractivity contribution in [3.05, 3.63) is 71.8 Å². The van der Waals surface area contributed by atoms with Gasteiger partial charge in [-0.05, 0) is 36.4 Å². The maximum Gasteiger partial charge on any atom is 0.121 e. The molecule has 0 amide bonds. The second-order valence-corrected chi connectivity index (χ2v) is 8.08. The van der Waals surface area contributed by atoms with Gasteiger partial charge in [-0.25, -0.2) is 9.97 Å². The number of benzene rings is 3. The summed E-state index contributed by atoms with van der Waals surface area (Å²) < 4.78 is 17.0. The highest BCUT2D eigenvalue weighted by molar-refractivity contribution is 7.84. The highest BCUT2D eigenvalue weighted by Gasteiger charge is 2.14. The number of hydrogen-bond acceptors (Lipinski definition) is 4. The van der Waals surface area contributed by atoms with Crippen molar-refractivity contribution in [3.63, 3.8) is 0 Å². The summed E-state index contributed by atoms with van der Waals surface area (Å²) in [5, 5.41) is 0.665. The number of methoxy groups -OCH3 is 1. The van der Waals surface area contributed by atoms with Crippen LogP contribution in [-0.4, -0.2) is 27.5 Å². The van der Waals surface area contributed by atoms with Gasteiger partial charge in [-0.15, -0.1) is 0 Å². The molecule has 1 atom stereocenters. The number of ether oxygens (including phenoxy) is 1. The van der Waals surface area contributed by atoms with Crippen LogP contribution in [0.3, 0.4) is 0 Å². The molecule has 4 aromatic rings. The largest absolute Gasteiger partial charge is 0.497 e. The fourth-order valence-corrected chi connectivity index (χ4v) is 3.62. The van der Waals surface area contributed by atoms with Crippen molar-refractivity contribution < 1.29 is 8.95 Å². The Balaban J connectivity index is 1.95. The van der Waals surface area contributed by atoms with Gasteiger partial charge in [-0.2, -0.15) is 0 Å². The second kappa shape index (κ2) is 7.70. The van der Waals surface area contributed by atoms with Gasteiger partial charge in [0.25, 0.3) is 0 Å². The first kappa shape index (κ1) is 18.6. The van der Waals surface area contributed by atoms with Crippen molar-refractivity contribution in [1.82, 2.24) is 9.97 Å². The number of rotatable bonds is 4. The van der Waals surface area contributed by atoms with Crippen molar-refractivity contribution in [1.29, 1.82) is 0 Å². The van der Waals surface area contributed by atoms with Crippen LogP contribution in [0.4, 0.5) is 0 Å². The average Bonchev–Trinajstić information content (AvgIpc) is 2.73. The van der Waals surface area contributed by atoms with Crippen LogP contribution in [-0.2, 0) is 10.8 Å². The quantitative estimate of drug-likeness (QED) is 0.456. The van der Waals surface area contributed by atoms with E-state index in [-0.39, 0.29) is 0 Å². The molecule has 0 saturated carbocycles. The molecule has 4 rings (SSSR count). The van der Waals surface area contributed by atoms with Crippen LogP contribution >= 0.6 is 11.6 Å². The number of nitrogens with zero attached hydrogens (tertiary/aromatic N) is 2. The minimum Gasteiger partial charge on any atom is -0.497 e. The zero-order chi connectivity index (χ0) is 19.7. The van der Waals surface area contributed by atoms with E-state index in [2.05, 4.69) is 0 Å². The number of hydrogen-bond donors (Lipinski definition) is 0. The van der Waals surface area contributed by atoms with Gasteiger partial charge in [0.1, 0.15) is 5.75 Å². The molecule has 1 unspecified atom stereocenters. The van der Waals surface area contributed by atoms with Crippen LogP contribution in [0.25, 0.3) is 33.5 Å². The van der Waals surface area contributed by atoms with Gasteiger partial charge >= 0.3 is 0 Å². The van der Waals surface area contributed by atoms with Crippen LogP contribution < -0.4 is 4.74 Å². The molecule has 0 aliphatic rings. The van der Waals surface area contributed by atoms with Crippen LogP contribution in [0.15, 0.2) is 71.6 Å². The normalized spacial score (nSPS) is 12.1. The standard InChI is InChI=1S/C22H17ClN2O2S/c1-27-17-9-12-19-20(13-17)25-22(15-5-10-18(11-6-15)28(2)26)21(24-19)14-3-7-16(23)8-4-14/h3-13H,1-2H3. The Morgan fingerprint density at radius 2 is 1.39 bits per heavy atom. The molecule has 0 spiro atoms. The van der Waals surface area contributed by atoms with Gasteiger partial charge in [0.2, 0.25) is 0 Å². The summed E-state index contributed by atoms with van der Waals surface area (Å²) in [6.07, 6.45) is 1.66. The van der Waals surface area contributed by atoms with Gasteiger partial charge in [-0.1, -0.05) is 35.9 Å². The summed E-state index contributed by atoms with van der Waals surface area (Å²) in [5.74, 6) is 0.726. The van der Waals surface area contributed by atoms with Crippen molar-refractivity contribution in [2.45, 2.75) is 4.90 Å². The zero-order valence-electron chi connectivity index (χ0n) is 15.3. The molecular formula is C22H17ClN2O2S. The zero-order valence-corrected chi connectivity index (χ0v) is 16.9. The van der Waals surface area contributed by atoms with Gasteiger partial charge in [0, 0.05) is 44.2 Å². The Labute approximate surface area is 170 Å². The van der Waals surface area contributed by atoms with E-state index in [4.69, 9.17) is 26.3 Å². The van der Waals surface area contributed by atoms with E-state index in [9.17, 15) is 4.21 Å². The van der Waals surface area contributed by atoms with Crippen molar-refractivity contribution in [3.8, 4) is 28.3 Å².